The van der Waals surface area contributed by atoms with Gasteiger partial charge >= 0.3 is 0 Å². The molecule has 2 rings (SSSR count). The molecule has 92 valence electrons. The molecule has 1 fully saturated rings. The predicted molar refractivity (Wildman–Crippen MR) is 62.3 cm³/mol. The number of hydrogen-bond acceptors (Lipinski definition) is 3. The lowest BCUT2D eigenvalue weighted by atomic mass is 10.1. The first-order chi connectivity index (χ1) is 7.95. The molecule has 0 spiro atoms. The average Bonchev–Trinajstić information content (AvgIpc) is 2.83. The van der Waals surface area contributed by atoms with Crippen LogP contribution < -0.4 is 0 Å². The molecule has 0 aromatic rings. The fourth-order valence-corrected chi connectivity index (χ4v) is 2.14. The van der Waals surface area contributed by atoms with Crippen molar-refractivity contribution >= 4 is 0 Å². The Hall–Kier alpha value is -0.380. The number of ether oxygens (including phenoxy) is 3. The van der Waals surface area contributed by atoms with Gasteiger partial charge < -0.3 is 14.2 Å². The topological polar surface area (TPSA) is 27.7 Å². The molecule has 1 unspecified atom stereocenters. The molecule has 1 saturated heterocycles. The predicted octanol–water partition coefficient (Wildman–Crippen LogP) is 2.65. The van der Waals surface area contributed by atoms with Crippen LogP contribution in [0.2, 0.25) is 0 Å². The van der Waals surface area contributed by atoms with E-state index in [-0.39, 0.29) is 6.29 Å². The molecule has 3 nitrogen and oxygen atoms in total. The summed E-state index contributed by atoms with van der Waals surface area (Å²) in [6, 6.07) is 0. The van der Waals surface area contributed by atoms with Gasteiger partial charge in [-0.05, 0) is 38.5 Å². The summed E-state index contributed by atoms with van der Waals surface area (Å²) in [5.74, 6) is 0. The molecule has 1 atom stereocenters. The third-order valence-electron chi connectivity index (χ3n) is 3.07. The Kier molecular flexibility index (Phi) is 5.32. The minimum atomic E-state index is 0.0505. The second-order valence-corrected chi connectivity index (χ2v) is 4.44. The SMILES string of the molecule is C1=CC(OCCCCC2OCCO2)CCC1. The van der Waals surface area contributed by atoms with E-state index in [4.69, 9.17) is 14.2 Å². The van der Waals surface area contributed by atoms with Crippen molar-refractivity contribution in [1.82, 2.24) is 0 Å². The van der Waals surface area contributed by atoms with Crippen molar-refractivity contribution < 1.29 is 14.2 Å². The minimum Gasteiger partial charge on any atom is -0.374 e. The summed E-state index contributed by atoms with van der Waals surface area (Å²) in [5, 5.41) is 0. The Balaban J connectivity index is 1.45. The van der Waals surface area contributed by atoms with Gasteiger partial charge in [0.15, 0.2) is 6.29 Å². The Morgan fingerprint density at radius 3 is 2.81 bits per heavy atom. The highest BCUT2D eigenvalue weighted by molar-refractivity contribution is 4.93. The number of hydrogen-bond donors (Lipinski definition) is 0. The van der Waals surface area contributed by atoms with Crippen LogP contribution in [0, 0.1) is 0 Å². The largest absolute Gasteiger partial charge is 0.374 e. The van der Waals surface area contributed by atoms with Gasteiger partial charge in [0.1, 0.15) is 0 Å². The Morgan fingerprint density at radius 2 is 2.06 bits per heavy atom. The van der Waals surface area contributed by atoms with E-state index in [9.17, 15) is 0 Å². The van der Waals surface area contributed by atoms with E-state index in [1.165, 1.54) is 19.3 Å². The van der Waals surface area contributed by atoms with Crippen LogP contribution in [-0.2, 0) is 14.2 Å². The lowest BCUT2D eigenvalue weighted by Crippen LogP contribution is -2.13. The van der Waals surface area contributed by atoms with Crippen LogP contribution in [-0.4, -0.2) is 32.2 Å². The fourth-order valence-electron chi connectivity index (χ4n) is 2.14. The van der Waals surface area contributed by atoms with Crippen molar-refractivity contribution in [3.8, 4) is 0 Å². The molecule has 0 bridgehead atoms. The third-order valence-corrected chi connectivity index (χ3v) is 3.07. The molecular weight excluding hydrogens is 204 g/mol. The standard InChI is InChI=1S/C13H22O3/c1-2-6-12(7-3-1)14-9-5-4-8-13-15-10-11-16-13/h2,6,12-13H,1,3-5,7-11H2. The van der Waals surface area contributed by atoms with Crippen molar-refractivity contribution in [1.29, 1.82) is 0 Å². The highest BCUT2D eigenvalue weighted by Gasteiger charge is 2.15. The maximum Gasteiger partial charge on any atom is 0.157 e. The molecular formula is C13H22O3. The van der Waals surface area contributed by atoms with Crippen LogP contribution in [0.3, 0.4) is 0 Å². The average molecular weight is 226 g/mol. The molecule has 0 radical (unpaired) electrons. The summed E-state index contributed by atoms with van der Waals surface area (Å²) in [7, 11) is 0. The molecule has 1 heterocycles. The number of unbranched alkanes of at least 4 members (excludes halogenated alkanes) is 1. The van der Waals surface area contributed by atoms with Gasteiger partial charge in [0.05, 0.1) is 19.3 Å². The summed E-state index contributed by atoms with van der Waals surface area (Å²) < 4.78 is 16.5. The van der Waals surface area contributed by atoms with E-state index in [0.29, 0.717) is 6.10 Å². The summed E-state index contributed by atoms with van der Waals surface area (Å²) in [5.41, 5.74) is 0. The fraction of sp³-hybridized carbons (Fsp3) is 0.846. The van der Waals surface area contributed by atoms with Gasteiger partial charge in [0.2, 0.25) is 0 Å². The molecule has 16 heavy (non-hydrogen) atoms. The van der Waals surface area contributed by atoms with E-state index in [1.807, 2.05) is 0 Å². The monoisotopic (exact) mass is 226 g/mol. The van der Waals surface area contributed by atoms with Crippen LogP contribution in [0.4, 0.5) is 0 Å². The first kappa shape index (κ1) is 12.1. The van der Waals surface area contributed by atoms with Crippen molar-refractivity contribution in [2.24, 2.45) is 0 Å². The second-order valence-electron chi connectivity index (χ2n) is 4.44. The van der Waals surface area contributed by atoms with E-state index in [1.54, 1.807) is 0 Å². The minimum absolute atomic E-state index is 0.0505. The summed E-state index contributed by atoms with van der Waals surface area (Å²) in [4.78, 5) is 0. The Labute approximate surface area is 97.8 Å². The molecule has 1 aliphatic carbocycles. The third kappa shape index (κ3) is 4.24. The molecule has 0 aromatic carbocycles. The zero-order valence-corrected chi connectivity index (χ0v) is 9.90. The highest BCUT2D eigenvalue weighted by Crippen LogP contribution is 2.15. The smallest absolute Gasteiger partial charge is 0.157 e. The first-order valence-electron chi connectivity index (χ1n) is 6.46. The van der Waals surface area contributed by atoms with Gasteiger partial charge in [-0.1, -0.05) is 12.2 Å². The zero-order chi connectivity index (χ0) is 11.1. The summed E-state index contributed by atoms with van der Waals surface area (Å²) in [6.45, 7) is 2.38. The van der Waals surface area contributed by atoms with Gasteiger partial charge in [0, 0.05) is 6.61 Å². The van der Waals surface area contributed by atoms with E-state index < -0.39 is 0 Å². The van der Waals surface area contributed by atoms with Gasteiger partial charge in [-0.2, -0.15) is 0 Å². The summed E-state index contributed by atoms with van der Waals surface area (Å²) >= 11 is 0. The lowest BCUT2D eigenvalue weighted by Gasteiger charge is -2.17. The van der Waals surface area contributed by atoms with Gasteiger partial charge in [-0.15, -0.1) is 0 Å². The van der Waals surface area contributed by atoms with Crippen LogP contribution in [0.1, 0.15) is 38.5 Å². The van der Waals surface area contributed by atoms with Crippen molar-refractivity contribution in [3.05, 3.63) is 12.2 Å². The molecule has 0 saturated carbocycles. The molecule has 0 aromatic heterocycles. The quantitative estimate of drug-likeness (QED) is 0.515. The summed E-state index contributed by atoms with van der Waals surface area (Å²) in [6.07, 6.45) is 11.8. The van der Waals surface area contributed by atoms with Gasteiger partial charge in [-0.3, -0.25) is 0 Å². The first-order valence-corrected chi connectivity index (χ1v) is 6.46. The van der Waals surface area contributed by atoms with Gasteiger partial charge in [-0.25, -0.2) is 0 Å². The highest BCUT2D eigenvalue weighted by atomic mass is 16.7. The second kappa shape index (κ2) is 7.05. The number of allylic oxidation sites excluding steroid dienone is 1. The number of rotatable bonds is 6. The van der Waals surface area contributed by atoms with Crippen molar-refractivity contribution in [3.63, 3.8) is 0 Å². The van der Waals surface area contributed by atoms with Crippen molar-refractivity contribution in [2.75, 3.05) is 19.8 Å². The maximum atomic E-state index is 5.78. The van der Waals surface area contributed by atoms with E-state index >= 15 is 0 Å². The van der Waals surface area contributed by atoms with Crippen LogP contribution >= 0.6 is 0 Å². The molecule has 0 amide bonds. The van der Waals surface area contributed by atoms with Crippen LogP contribution in [0.25, 0.3) is 0 Å². The van der Waals surface area contributed by atoms with Crippen molar-refractivity contribution in [2.45, 2.75) is 50.9 Å². The normalized spacial score (nSPS) is 26.4. The van der Waals surface area contributed by atoms with Crippen LogP contribution in [0.5, 0.6) is 0 Å². The molecule has 2 aliphatic rings. The Morgan fingerprint density at radius 1 is 1.19 bits per heavy atom. The van der Waals surface area contributed by atoms with Crippen LogP contribution in [0.15, 0.2) is 12.2 Å². The van der Waals surface area contributed by atoms with E-state index in [0.717, 1.165) is 39.1 Å². The zero-order valence-electron chi connectivity index (χ0n) is 9.90. The maximum absolute atomic E-state index is 5.78. The lowest BCUT2D eigenvalue weighted by molar-refractivity contribution is -0.0492. The van der Waals surface area contributed by atoms with E-state index in [2.05, 4.69) is 12.2 Å². The molecule has 1 aliphatic heterocycles. The molecule has 0 N–H and O–H groups in total. The van der Waals surface area contributed by atoms with Gasteiger partial charge in [0.25, 0.3) is 0 Å². The molecule has 3 heteroatoms. The Bertz CT molecular complexity index is 209.